The first kappa shape index (κ1) is 41.2. The lowest BCUT2D eigenvalue weighted by molar-refractivity contribution is -0.433. The third kappa shape index (κ3) is 8.31. The Morgan fingerprint density at radius 2 is 1.38 bits per heavy atom. The van der Waals surface area contributed by atoms with E-state index in [9.17, 15) is 19.8 Å². The molecule has 6 nitrogen and oxygen atoms in total. The quantitative estimate of drug-likeness (QED) is 0.0464. The average molecular weight is 757 g/mol. The number of Topliss-reactive ketones (excluding diaryl/α,β-unsaturated/α-hetero) is 1. The van der Waals surface area contributed by atoms with Gasteiger partial charge in [0.1, 0.15) is 6.54 Å². The van der Waals surface area contributed by atoms with Gasteiger partial charge in [0.05, 0.1) is 11.0 Å². The van der Waals surface area contributed by atoms with Gasteiger partial charge in [-0.2, -0.15) is 4.58 Å². The maximum absolute atomic E-state index is 14.3. The average Bonchev–Trinajstić information content (AvgIpc) is 3.65. The minimum atomic E-state index is -0.934. The topological polar surface area (TPSA) is 85.4 Å². The molecule has 0 radical (unpaired) electrons. The molecular weight excluding hydrogens is 693 g/mol. The molecule has 4 aromatic rings. The van der Waals surface area contributed by atoms with Crippen molar-refractivity contribution in [2.24, 2.45) is 0 Å². The zero-order chi connectivity index (χ0) is 39.7. The highest BCUT2D eigenvalue weighted by Crippen LogP contribution is 2.48. The molecule has 3 aromatic carbocycles. The van der Waals surface area contributed by atoms with E-state index in [1.807, 2.05) is 24.3 Å². The fraction of sp³-hybridized carbons (Fsp3) is 0.500. The SMILES string of the molecule is CCCCCCCCC1(CCCCCCCC)C(/C=C2/C(=O)C(/C=c3\c4cccc5cccc(c54)n3CCCCCC)=C2[O-])=[N+](CC)c2ccc(C(=O)O)cc21. The number of carbonyl (C=O) groups excluding carboxylic acids is 1. The van der Waals surface area contributed by atoms with E-state index in [1.165, 1.54) is 63.2 Å². The summed E-state index contributed by atoms with van der Waals surface area (Å²) in [6.07, 6.45) is 23.9. The standard InChI is InChI=1S/C50H64N2O4/c1-5-9-12-15-17-19-30-50(31-20-18-16-13-10-6-2)41-33-37(49(55)56)28-29-42(41)51(8-4)45(50)35-40-47(53)39(48(40)54)34-44-38-26-22-24-36-25-23-27-43(46(36)38)52(44)32-21-14-11-7-3/h22-29,33-35H,5-21,30-32H2,1-4H3,(H-,53,54,55,56). The number of carboxylic acids is 1. The van der Waals surface area contributed by atoms with Gasteiger partial charge in [-0.15, -0.1) is 0 Å². The van der Waals surface area contributed by atoms with Gasteiger partial charge in [0.2, 0.25) is 5.69 Å². The van der Waals surface area contributed by atoms with Crippen LogP contribution in [-0.2, 0) is 16.8 Å². The van der Waals surface area contributed by atoms with E-state index in [-0.39, 0.29) is 28.3 Å². The Morgan fingerprint density at radius 1 is 0.768 bits per heavy atom. The Morgan fingerprint density at radius 3 is 1.98 bits per heavy atom. The lowest BCUT2D eigenvalue weighted by atomic mass is 9.68. The van der Waals surface area contributed by atoms with Crippen LogP contribution in [0.15, 0.2) is 77.6 Å². The summed E-state index contributed by atoms with van der Waals surface area (Å²) in [4.78, 5) is 26.7. The van der Waals surface area contributed by atoms with Crippen LogP contribution >= 0.6 is 0 Å². The maximum atomic E-state index is 14.3. The van der Waals surface area contributed by atoms with Gasteiger partial charge in [-0.3, -0.25) is 4.79 Å². The highest BCUT2D eigenvalue weighted by atomic mass is 16.4. The third-order valence-electron chi connectivity index (χ3n) is 12.6. The van der Waals surface area contributed by atoms with Crippen LogP contribution in [0.25, 0.3) is 27.8 Å². The second-order valence-corrected chi connectivity index (χ2v) is 16.3. The summed E-state index contributed by atoms with van der Waals surface area (Å²) < 4.78 is 4.57. The van der Waals surface area contributed by atoms with Crippen molar-refractivity contribution in [3.63, 3.8) is 0 Å². The van der Waals surface area contributed by atoms with E-state index < -0.39 is 11.4 Å². The summed E-state index contributed by atoms with van der Waals surface area (Å²) >= 11 is 0. The number of allylic oxidation sites excluding steroid dienone is 3. The molecule has 1 N–H and O–H groups in total. The number of unbranched alkanes of at least 4 members (excludes halogenated alkanes) is 13. The second-order valence-electron chi connectivity index (χ2n) is 16.3. The zero-order valence-corrected chi connectivity index (χ0v) is 34.6. The maximum Gasteiger partial charge on any atom is 0.335 e. The van der Waals surface area contributed by atoms with Crippen molar-refractivity contribution in [2.45, 2.75) is 155 Å². The number of aromatic nitrogens is 1. The molecule has 6 rings (SSSR count). The fourth-order valence-corrected chi connectivity index (χ4v) is 9.53. The minimum Gasteiger partial charge on any atom is -0.871 e. The number of nitrogens with zero attached hydrogens (tertiary/aromatic N) is 2. The summed E-state index contributed by atoms with van der Waals surface area (Å²) in [6, 6.07) is 18.2. The first-order valence-corrected chi connectivity index (χ1v) is 22.0. The fourth-order valence-electron chi connectivity index (χ4n) is 9.53. The van der Waals surface area contributed by atoms with Crippen molar-refractivity contribution in [2.75, 3.05) is 6.54 Å². The van der Waals surface area contributed by atoms with E-state index in [0.29, 0.717) is 6.54 Å². The third-order valence-corrected chi connectivity index (χ3v) is 12.6. The molecule has 0 amide bonds. The van der Waals surface area contributed by atoms with Crippen LogP contribution in [0.1, 0.15) is 159 Å². The van der Waals surface area contributed by atoms with Gasteiger partial charge < -0.3 is 14.8 Å². The van der Waals surface area contributed by atoms with E-state index in [1.54, 1.807) is 6.07 Å². The molecule has 2 aliphatic rings. The zero-order valence-electron chi connectivity index (χ0n) is 34.6. The summed E-state index contributed by atoms with van der Waals surface area (Å²) in [5.74, 6) is -1.33. The molecule has 1 aliphatic carbocycles. The summed E-state index contributed by atoms with van der Waals surface area (Å²) in [6.45, 7) is 10.3. The van der Waals surface area contributed by atoms with E-state index >= 15 is 0 Å². The summed E-state index contributed by atoms with van der Waals surface area (Å²) in [5, 5.41) is 28.8. The van der Waals surface area contributed by atoms with Gasteiger partial charge in [-0.05, 0) is 55.8 Å². The van der Waals surface area contributed by atoms with Crippen molar-refractivity contribution in [3.8, 4) is 0 Å². The molecule has 0 atom stereocenters. The number of carbonyl (C=O) groups is 2. The molecule has 1 aromatic heterocycles. The van der Waals surface area contributed by atoms with Crippen molar-refractivity contribution in [1.29, 1.82) is 0 Å². The molecule has 0 spiro atoms. The predicted octanol–water partition coefficient (Wildman–Crippen LogP) is 11.3. The van der Waals surface area contributed by atoms with Gasteiger partial charge in [-0.1, -0.05) is 153 Å². The molecule has 0 fully saturated rings. The number of aromatic carboxylic acids is 1. The van der Waals surface area contributed by atoms with E-state index in [0.717, 1.165) is 103 Å². The number of hydrogen-bond acceptors (Lipinski definition) is 3. The van der Waals surface area contributed by atoms with Gasteiger partial charge >= 0.3 is 5.97 Å². The monoisotopic (exact) mass is 756 g/mol. The number of hydrogen-bond donors (Lipinski definition) is 1. The van der Waals surface area contributed by atoms with Crippen molar-refractivity contribution in [1.82, 2.24) is 4.57 Å². The van der Waals surface area contributed by atoms with E-state index in [2.05, 4.69) is 73.2 Å². The Bertz CT molecular complexity index is 2160. The normalized spacial score (nSPS) is 16.2. The lowest BCUT2D eigenvalue weighted by Gasteiger charge is -2.32. The number of benzene rings is 3. The molecule has 6 heteroatoms. The van der Waals surface area contributed by atoms with Crippen molar-refractivity contribution in [3.05, 3.63) is 94.1 Å². The molecule has 2 heterocycles. The molecule has 1 aliphatic heterocycles. The van der Waals surface area contributed by atoms with Gasteiger partial charge in [0.25, 0.3) is 0 Å². The first-order valence-electron chi connectivity index (χ1n) is 22.0. The van der Waals surface area contributed by atoms with Gasteiger partial charge in [-0.25, -0.2) is 4.79 Å². The van der Waals surface area contributed by atoms with Crippen molar-refractivity contribution < 1.29 is 24.4 Å². The van der Waals surface area contributed by atoms with Crippen LogP contribution < -0.4 is 10.5 Å². The largest absolute Gasteiger partial charge is 0.871 e. The number of aryl methyl sites for hydroxylation is 1. The van der Waals surface area contributed by atoms with Crippen LogP contribution in [0.4, 0.5) is 5.69 Å². The van der Waals surface area contributed by atoms with Crippen LogP contribution in [0.2, 0.25) is 0 Å². The van der Waals surface area contributed by atoms with Crippen LogP contribution in [0.5, 0.6) is 0 Å². The lowest BCUT2D eigenvalue weighted by Crippen LogP contribution is -2.38. The Balaban J connectivity index is 1.45. The van der Waals surface area contributed by atoms with Crippen LogP contribution in [0, 0.1) is 0 Å². The number of rotatable bonds is 23. The molecule has 0 unspecified atom stereocenters. The highest BCUT2D eigenvalue weighted by Gasteiger charge is 2.51. The summed E-state index contributed by atoms with van der Waals surface area (Å²) in [5.41, 5.74) is 4.47. The van der Waals surface area contributed by atoms with Gasteiger partial charge in [0.15, 0.2) is 11.5 Å². The van der Waals surface area contributed by atoms with Gasteiger partial charge in [0, 0.05) is 57.0 Å². The molecule has 0 saturated heterocycles. The predicted molar refractivity (Wildman–Crippen MR) is 230 cm³/mol. The highest BCUT2D eigenvalue weighted by molar-refractivity contribution is 6.27. The molecule has 0 bridgehead atoms. The Hall–Kier alpha value is -4.45. The number of ketones is 1. The molecule has 0 saturated carbocycles. The van der Waals surface area contributed by atoms with Crippen LogP contribution in [-0.4, -0.2) is 38.3 Å². The first-order chi connectivity index (χ1) is 27.3. The van der Waals surface area contributed by atoms with Crippen molar-refractivity contribution >= 4 is 50.9 Å². The number of fused-ring (bicyclic) bond motifs is 1. The Labute approximate surface area is 334 Å². The van der Waals surface area contributed by atoms with E-state index in [4.69, 9.17) is 0 Å². The smallest absolute Gasteiger partial charge is 0.335 e. The molecule has 56 heavy (non-hydrogen) atoms. The Kier molecular flexibility index (Phi) is 14.1. The minimum absolute atomic E-state index is 0.199. The second kappa shape index (κ2) is 19.1. The molecular formula is C50H64N2O4. The molecule has 298 valence electrons. The number of carboxylic acid groups (broad SMARTS) is 1. The van der Waals surface area contributed by atoms with Crippen LogP contribution in [0.3, 0.4) is 0 Å². The summed E-state index contributed by atoms with van der Waals surface area (Å²) in [7, 11) is 0.